The topological polar surface area (TPSA) is 12.0 Å². The van der Waals surface area contributed by atoms with Crippen LogP contribution in [-0.2, 0) is 0 Å². The maximum absolute atomic E-state index is 13.2. The molecule has 2 heteroatoms. The molecule has 0 aromatic heterocycles. The number of hydrogen-bond donors (Lipinski definition) is 1. The molecule has 1 rings (SSSR count). The van der Waals surface area contributed by atoms with Crippen LogP contribution in [0.3, 0.4) is 0 Å². The predicted octanol–water partition coefficient (Wildman–Crippen LogP) is 3.51. The lowest BCUT2D eigenvalue weighted by Gasteiger charge is -2.07. The summed E-state index contributed by atoms with van der Waals surface area (Å²) in [6.45, 7) is 6.37. The van der Waals surface area contributed by atoms with Gasteiger partial charge in [-0.25, -0.2) is 4.39 Å². The fraction of sp³-hybridized carbons (Fsp3) is 0.333. The van der Waals surface area contributed by atoms with Gasteiger partial charge in [0.1, 0.15) is 5.82 Å². The summed E-state index contributed by atoms with van der Waals surface area (Å²) in [5.41, 5.74) is 1.66. The van der Waals surface area contributed by atoms with Crippen LogP contribution in [0.2, 0.25) is 0 Å². The first-order valence-electron chi connectivity index (χ1n) is 4.85. The summed E-state index contributed by atoms with van der Waals surface area (Å²) in [5.74, 6) is -0.186. The first kappa shape index (κ1) is 10.8. The number of benzene rings is 1. The van der Waals surface area contributed by atoms with Gasteiger partial charge in [0, 0.05) is 6.54 Å². The average molecular weight is 193 g/mol. The maximum atomic E-state index is 13.2. The molecule has 0 saturated heterocycles. The minimum Gasteiger partial charge on any atom is -0.383 e. The molecule has 1 N–H and O–H groups in total. The van der Waals surface area contributed by atoms with Crippen LogP contribution in [0.4, 0.5) is 10.1 Å². The molecule has 0 aliphatic carbocycles. The Morgan fingerprint density at radius 3 is 3.00 bits per heavy atom. The molecule has 0 aliphatic heterocycles. The molecular weight excluding hydrogens is 177 g/mol. The number of nitrogens with one attached hydrogen (secondary N) is 1. The SMILES string of the molecule is C=CCCCNc1cc(C)ccc1F. The second-order valence-electron chi connectivity index (χ2n) is 3.34. The minimum absolute atomic E-state index is 0.186. The average Bonchev–Trinajstić information content (AvgIpc) is 2.18. The molecule has 1 aromatic carbocycles. The van der Waals surface area contributed by atoms with E-state index in [-0.39, 0.29) is 5.82 Å². The normalized spacial score (nSPS) is 9.86. The minimum atomic E-state index is -0.186. The third kappa shape index (κ3) is 3.21. The zero-order chi connectivity index (χ0) is 10.4. The van der Waals surface area contributed by atoms with E-state index in [2.05, 4.69) is 11.9 Å². The third-order valence-electron chi connectivity index (χ3n) is 2.02. The van der Waals surface area contributed by atoms with Crippen LogP contribution in [0.5, 0.6) is 0 Å². The highest BCUT2D eigenvalue weighted by atomic mass is 19.1. The fourth-order valence-corrected chi connectivity index (χ4v) is 1.24. The van der Waals surface area contributed by atoms with Crippen molar-refractivity contribution in [2.45, 2.75) is 19.8 Å². The van der Waals surface area contributed by atoms with Crippen LogP contribution in [0, 0.1) is 12.7 Å². The Balaban J connectivity index is 2.49. The van der Waals surface area contributed by atoms with E-state index in [1.54, 1.807) is 6.07 Å². The molecular formula is C12H16FN. The number of aryl methyl sites for hydroxylation is 1. The Bertz CT molecular complexity index is 307. The molecule has 0 saturated carbocycles. The van der Waals surface area contributed by atoms with E-state index in [1.165, 1.54) is 6.07 Å². The van der Waals surface area contributed by atoms with Gasteiger partial charge in [-0.2, -0.15) is 0 Å². The lowest BCUT2D eigenvalue weighted by Crippen LogP contribution is -2.03. The van der Waals surface area contributed by atoms with Crippen LogP contribution in [0.15, 0.2) is 30.9 Å². The van der Waals surface area contributed by atoms with Gasteiger partial charge < -0.3 is 5.32 Å². The fourth-order valence-electron chi connectivity index (χ4n) is 1.24. The van der Waals surface area contributed by atoms with E-state index in [9.17, 15) is 4.39 Å². The molecule has 1 aromatic rings. The van der Waals surface area contributed by atoms with Crippen LogP contribution in [0.25, 0.3) is 0 Å². The van der Waals surface area contributed by atoms with Crippen molar-refractivity contribution in [3.8, 4) is 0 Å². The molecule has 0 fully saturated rings. The number of hydrogen-bond acceptors (Lipinski definition) is 1. The van der Waals surface area contributed by atoms with Gasteiger partial charge in [-0.05, 0) is 37.5 Å². The van der Waals surface area contributed by atoms with Gasteiger partial charge in [-0.3, -0.25) is 0 Å². The zero-order valence-electron chi connectivity index (χ0n) is 8.52. The van der Waals surface area contributed by atoms with Crippen molar-refractivity contribution in [2.75, 3.05) is 11.9 Å². The van der Waals surface area contributed by atoms with Crippen LogP contribution in [0.1, 0.15) is 18.4 Å². The van der Waals surface area contributed by atoms with Crippen LogP contribution >= 0.6 is 0 Å². The van der Waals surface area contributed by atoms with E-state index in [0.29, 0.717) is 5.69 Å². The van der Waals surface area contributed by atoms with Gasteiger partial charge >= 0.3 is 0 Å². The van der Waals surface area contributed by atoms with E-state index < -0.39 is 0 Å². The zero-order valence-corrected chi connectivity index (χ0v) is 8.52. The number of anilines is 1. The first-order chi connectivity index (χ1) is 6.74. The lowest BCUT2D eigenvalue weighted by atomic mass is 10.2. The van der Waals surface area contributed by atoms with E-state index in [0.717, 1.165) is 24.9 Å². The number of unbranched alkanes of at least 4 members (excludes halogenated alkanes) is 1. The summed E-state index contributed by atoms with van der Waals surface area (Å²) in [6.07, 6.45) is 3.81. The van der Waals surface area contributed by atoms with Gasteiger partial charge in [0.2, 0.25) is 0 Å². The predicted molar refractivity (Wildman–Crippen MR) is 59.1 cm³/mol. The Morgan fingerprint density at radius 1 is 1.50 bits per heavy atom. The van der Waals surface area contributed by atoms with Crippen molar-refractivity contribution in [1.29, 1.82) is 0 Å². The highest BCUT2D eigenvalue weighted by Crippen LogP contribution is 2.15. The summed E-state index contributed by atoms with van der Waals surface area (Å²) in [5, 5.41) is 3.07. The van der Waals surface area contributed by atoms with E-state index in [1.807, 2.05) is 19.1 Å². The summed E-state index contributed by atoms with van der Waals surface area (Å²) in [6, 6.07) is 5.08. The lowest BCUT2D eigenvalue weighted by molar-refractivity contribution is 0.629. The van der Waals surface area contributed by atoms with Crippen molar-refractivity contribution < 1.29 is 4.39 Å². The van der Waals surface area contributed by atoms with Crippen molar-refractivity contribution in [1.82, 2.24) is 0 Å². The highest BCUT2D eigenvalue weighted by Gasteiger charge is 1.99. The smallest absolute Gasteiger partial charge is 0.146 e. The first-order valence-corrected chi connectivity index (χ1v) is 4.85. The summed E-state index contributed by atoms with van der Waals surface area (Å²) < 4.78 is 13.2. The molecule has 0 unspecified atom stereocenters. The standard InChI is InChI=1S/C12H16FN/c1-3-4-5-8-14-12-9-10(2)6-7-11(12)13/h3,6-7,9,14H,1,4-5,8H2,2H3. The summed E-state index contributed by atoms with van der Waals surface area (Å²) in [4.78, 5) is 0. The molecule has 0 aliphatic rings. The quantitative estimate of drug-likeness (QED) is 0.557. The van der Waals surface area contributed by atoms with Gasteiger partial charge in [0.05, 0.1) is 5.69 Å². The van der Waals surface area contributed by atoms with Crippen molar-refractivity contribution in [3.63, 3.8) is 0 Å². The Morgan fingerprint density at radius 2 is 2.29 bits per heavy atom. The molecule has 0 heterocycles. The Hall–Kier alpha value is -1.31. The van der Waals surface area contributed by atoms with Crippen molar-refractivity contribution in [2.24, 2.45) is 0 Å². The monoisotopic (exact) mass is 193 g/mol. The molecule has 0 spiro atoms. The number of allylic oxidation sites excluding steroid dienone is 1. The summed E-state index contributed by atoms with van der Waals surface area (Å²) in [7, 11) is 0. The van der Waals surface area contributed by atoms with E-state index >= 15 is 0 Å². The Kier molecular flexibility index (Phi) is 4.17. The third-order valence-corrected chi connectivity index (χ3v) is 2.02. The Labute approximate surface area is 84.6 Å². The summed E-state index contributed by atoms with van der Waals surface area (Å²) >= 11 is 0. The van der Waals surface area contributed by atoms with Gasteiger partial charge in [0.25, 0.3) is 0 Å². The maximum Gasteiger partial charge on any atom is 0.146 e. The van der Waals surface area contributed by atoms with Gasteiger partial charge in [-0.15, -0.1) is 6.58 Å². The van der Waals surface area contributed by atoms with Crippen molar-refractivity contribution >= 4 is 5.69 Å². The number of rotatable bonds is 5. The van der Waals surface area contributed by atoms with Gasteiger partial charge in [0.15, 0.2) is 0 Å². The highest BCUT2D eigenvalue weighted by molar-refractivity contribution is 5.46. The molecule has 1 nitrogen and oxygen atoms in total. The van der Waals surface area contributed by atoms with Crippen LogP contribution < -0.4 is 5.32 Å². The van der Waals surface area contributed by atoms with Gasteiger partial charge in [-0.1, -0.05) is 12.1 Å². The second kappa shape index (κ2) is 5.43. The van der Waals surface area contributed by atoms with E-state index in [4.69, 9.17) is 0 Å². The largest absolute Gasteiger partial charge is 0.383 e. The van der Waals surface area contributed by atoms with Crippen molar-refractivity contribution in [3.05, 3.63) is 42.2 Å². The molecule has 0 atom stereocenters. The molecule has 0 radical (unpaired) electrons. The number of halogens is 1. The molecule has 76 valence electrons. The molecule has 0 amide bonds. The molecule has 0 bridgehead atoms. The molecule has 14 heavy (non-hydrogen) atoms. The second-order valence-corrected chi connectivity index (χ2v) is 3.34. The van der Waals surface area contributed by atoms with Crippen LogP contribution in [-0.4, -0.2) is 6.54 Å².